The average molecular weight is 375 g/mol. The summed E-state index contributed by atoms with van der Waals surface area (Å²) < 4.78 is 33.5. The third-order valence-electron chi connectivity index (χ3n) is 4.75. The molecule has 0 spiro atoms. The second-order valence-electron chi connectivity index (χ2n) is 6.73. The molecule has 5 nitrogen and oxygen atoms in total. The van der Waals surface area contributed by atoms with Gasteiger partial charge in [0.05, 0.1) is 17.2 Å². The maximum Gasteiger partial charge on any atom is 0.262 e. The molecule has 26 heavy (non-hydrogen) atoms. The highest BCUT2D eigenvalue weighted by Crippen LogP contribution is 2.34. The summed E-state index contributed by atoms with van der Waals surface area (Å²) in [6.07, 6.45) is 4.85. The van der Waals surface area contributed by atoms with E-state index in [4.69, 9.17) is 9.84 Å². The molecule has 1 aliphatic carbocycles. The van der Waals surface area contributed by atoms with E-state index in [1.807, 2.05) is 25.1 Å². The molecule has 0 aliphatic heterocycles. The highest BCUT2D eigenvalue weighted by atomic mass is 32.2. The van der Waals surface area contributed by atoms with Crippen molar-refractivity contribution in [2.75, 3.05) is 17.9 Å². The molecule has 2 aromatic rings. The van der Waals surface area contributed by atoms with Gasteiger partial charge in [-0.15, -0.1) is 0 Å². The zero-order chi connectivity index (χ0) is 18.6. The fourth-order valence-corrected chi connectivity index (χ4v) is 4.44. The largest absolute Gasteiger partial charge is 0.489 e. The van der Waals surface area contributed by atoms with Gasteiger partial charge in [0.15, 0.2) is 0 Å². The molecule has 0 radical (unpaired) electrons. The van der Waals surface area contributed by atoms with Crippen molar-refractivity contribution in [2.45, 2.75) is 43.4 Å². The van der Waals surface area contributed by atoms with Gasteiger partial charge in [-0.1, -0.05) is 31.0 Å². The molecule has 0 atom stereocenters. The van der Waals surface area contributed by atoms with E-state index in [9.17, 15) is 8.42 Å². The number of aliphatic hydroxyl groups excluding tert-OH is 1. The van der Waals surface area contributed by atoms with E-state index in [1.54, 1.807) is 24.3 Å². The Balaban J connectivity index is 1.80. The van der Waals surface area contributed by atoms with Crippen LogP contribution in [-0.2, 0) is 10.0 Å². The van der Waals surface area contributed by atoms with Crippen LogP contribution in [0.4, 0.5) is 5.69 Å². The second kappa shape index (κ2) is 8.10. The fourth-order valence-electron chi connectivity index (χ4n) is 3.37. The van der Waals surface area contributed by atoms with Gasteiger partial charge in [-0.2, -0.15) is 0 Å². The molecule has 2 aromatic carbocycles. The number of aryl methyl sites for hydroxylation is 1. The maximum atomic E-state index is 12.7. The fraction of sp³-hybridized carbons (Fsp3) is 0.400. The molecule has 0 heterocycles. The van der Waals surface area contributed by atoms with Crippen LogP contribution < -0.4 is 9.46 Å². The molecular formula is C20H25NO4S. The van der Waals surface area contributed by atoms with Crippen molar-refractivity contribution in [3.05, 3.63) is 53.6 Å². The van der Waals surface area contributed by atoms with Crippen molar-refractivity contribution in [2.24, 2.45) is 0 Å². The second-order valence-corrected chi connectivity index (χ2v) is 8.41. The molecule has 2 N–H and O–H groups in total. The molecule has 1 saturated carbocycles. The molecule has 3 rings (SSSR count). The number of hydrogen-bond acceptors (Lipinski definition) is 4. The van der Waals surface area contributed by atoms with E-state index in [-0.39, 0.29) is 18.1 Å². The highest BCUT2D eigenvalue weighted by Gasteiger charge is 2.20. The van der Waals surface area contributed by atoms with Gasteiger partial charge in [0.1, 0.15) is 12.4 Å². The van der Waals surface area contributed by atoms with Crippen molar-refractivity contribution in [1.29, 1.82) is 0 Å². The number of nitrogens with one attached hydrogen (secondary N) is 1. The van der Waals surface area contributed by atoms with Gasteiger partial charge in [0, 0.05) is 0 Å². The quantitative estimate of drug-likeness (QED) is 0.771. The van der Waals surface area contributed by atoms with Crippen LogP contribution in [0.25, 0.3) is 0 Å². The van der Waals surface area contributed by atoms with Gasteiger partial charge < -0.3 is 9.84 Å². The number of hydrogen-bond donors (Lipinski definition) is 2. The molecular weight excluding hydrogens is 350 g/mol. The predicted molar refractivity (Wildman–Crippen MR) is 102 cm³/mol. The lowest BCUT2D eigenvalue weighted by Crippen LogP contribution is -2.14. The van der Waals surface area contributed by atoms with E-state index < -0.39 is 10.0 Å². The third kappa shape index (κ3) is 4.37. The van der Waals surface area contributed by atoms with Gasteiger partial charge in [-0.3, -0.25) is 4.72 Å². The van der Waals surface area contributed by atoms with Gasteiger partial charge in [-0.05, 0) is 61.1 Å². The Hall–Kier alpha value is -2.05. The predicted octanol–water partition coefficient (Wildman–Crippen LogP) is 3.82. The van der Waals surface area contributed by atoms with Crippen LogP contribution in [0.15, 0.2) is 47.4 Å². The monoisotopic (exact) mass is 375 g/mol. The van der Waals surface area contributed by atoms with Crippen molar-refractivity contribution >= 4 is 15.7 Å². The Kier molecular flexibility index (Phi) is 5.84. The Morgan fingerprint density at radius 3 is 2.46 bits per heavy atom. The first kappa shape index (κ1) is 18.7. The number of benzene rings is 2. The molecule has 0 amide bonds. The molecule has 1 fully saturated rings. The molecule has 0 saturated heterocycles. The Bertz CT molecular complexity index is 841. The average Bonchev–Trinajstić information content (AvgIpc) is 3.16. The van der Waals surface area contributed by atoms with Gasteiger partial charge in [-0.25, -0.2) is 8.42 Å². The normalized spacial score (nSPS) is 15.2. The maximum absolute atomic E-state index is 12.7. The first-order chi connectivity index (χ1) is 12.5. The Morgan fingerprint density at radius 2 is 1.81 bits per heavy atom. The summed E-state index contributed by atoms with van der Waals surface area (Å²) in [5.41, 5.74) is 2.52. The number of aliphatic hydroxyl groups is 1. The van der Waals surface area contributed by atoms with Crippen molar-refractivity contribution < 1.29 is 18.3 Å². The van der Waals surface area contributed by atoms with Crippen LogP contribution in [0, 0.1) is 6.92 Å². The van der Waals surface area contributed by atoms with E-state index in [1.165, 1.54) is 31.2 Å². The van der Waals surface area contributed by atoms with Gasteiger partial charge in [0.2, 0.25) is 0 Å². The topological polar surface area (TPSA) is 75.6 Å². The first-order valence-corrected chi connectivity index (χ1v) is 10.4. The molecule has 0 bridgehead atoms. The molecule has 0 aromatic heterocycles. The summed E-state index contributed by atoms with van der Waals surface area (Å²) in [6.45, 7) is 1.86. The van der Waals surface area contributed by atoms with E-state index in [2.05, 4.69) is 4.72 Å². The minimum Gasteiger partial charge on any atom is -0.489 e. The SMILES string of the molecule is Cc1ccc(NS(=O)(=O)c2ccc(C3CCCC3)cc2)c(OCCO)c1. The summed E-state index contributed by atoms with van der Waals surface area (Å²) >= 11 is 0. The summed E-state index contributed by atoms with van der Waals surface area (Å²) in [4.78, 5) is 0.230. The van der Waals surface area contributed by atoms with Crippen LogP contribution in [-0.4, -0.2) is 26.7 Å². The molecule has 140 valence electrons. The van der Waals surface area contributed by atoms with Crippen LogP contribution in [0.1, 0.15) is 42.7 Å². The zero-order valence-electron chi connectivity index (χ0n) is 14.9. The number of rotatable bonds is 7. The van der Waals surface area contributed by atoms with Crippen LogP contribution in [0.5, 0.6) is 5.75 Å². The van der Waals surface area contributed by atoms with E-state index in [0.29, 0.717) is 17.4 Å². The summed E-state index contributed by atoms with van der Waals surface area (Å²) in [5, 5.41) is 8.95. The standard InChI is InChI=1S/C20H25NO4S/c1-15-6-11-19(20(14-15)25-13-12-22)21-26(23,24)18-9-7-17(8-10-18)16-4-2-3-5-16/h6-11,14,16,21-22H,2-5,12-13H2,1H3. The summed E-state index contributed by atoms with van der Waals surface area (Å²) in [6, 6.07) is 12.4. The Labute approximate surface area is 155 Å². The number of sulfonamides is 1. The molecule has 0 unspecified atom stereocenters. The summed E-state index contributed by atoms with van der Waals surface area (Å²) in [7, 11) is -3.71. The lowest BCUT2D eigenvalue weighted by atomic mass is 9.98. The first-order valence-electron chi connectivity index (χ1n) is 8.97. The Morgan fingerprint density at radius 1 is 1.12 bits per heavy atom. The number of anilines is 1. The highest BCUT2D eigenvalue weighted by molar-refractivity contribution is 7.92. The van der Waals surface area contributed by atoms with Crippen molar-refractivity contribution in [1.82, 2.24) is 0 Å². The molecule has 6 heteroatoms. The number of ether oxygens (including phenoxy) is 1. The van der Waals surface area contributed by atoms with Gasteiger partial charge in [0.25, 0.3) is 10.0 Å². The summed E-state index contributed by atoms with van der Waals surface area (Å²) in [5.74, 6) is 0.959. The van der Waals surface area contributed by atoms with Crippen LogP contribution >= 0.6 is 0 Å². The zero-order valence-corrected chi connectivity index (χ0v) is 15.8. The minimum absolute atomic E-state index is 0.105. The van der Waals surface area contributed by atoms with E-state index in [0.717, 1.165) is 5.56 Å². The molecule has 1 aliphatic rings. The van der Waals surface area contributed by atoms with Crippen molar-refractivity contribution in [3.8, 4) is 5.75 Å². The smallest absolute Gasteiger partial charge is 0.262 e. The lowest BCUT2D eigenvalue weighted by Gasteiger charge is -2.15. The van der Waals surface area contributed by atoms with Gasteiger partial charge >= 0.3 is 0 Å². The third-order valence-corrected chi connectivity index (χ3v) is 6.13. The van der Waals surface area contributed by atoms with Crippen LogP contribution in [0.2, 0.25) is 0 Å². The minimum atomic E-state index is -3.71. The van der Waals surface area contributed by atoms with Crippen LogP contribution in [0.3, 0.4) is 0 Å². The lowest BCUT2D eigenvalue weighted by molar-refractivity contribution is 0.202. The van der Waals surface area contributed by atoms with E-state index >= 15 is 0 Å². The van der Waals surface area contributed by atoms with Crippen molar-refractivity contribution in [3.63, 3.8) is 0 Å².